The first-order valence-electron chi connectivity index (χ1n) is 11.2. The normalized spacial score (nSPS) is 23.3. The van der Waals surface area contributed by atoms with Crippen LogP contribution in [0.5, 0.6) is 5.75 Å². The van der Waals surface area contributed by atoms with Gasteiger partial charge in [0.05, 0.1) is 35.8 Å². The van der Waals surface area contributed by atoms with Crippen molar-refractivity contribution in [2.75, 3.05) is 41.0 Å². The van der Waals surface area contributed by atoms with E-state index in [2.05, 4.69) is 0 Å². The van der Waals surface area contributed by atoms with Gasteiger partial charge in [-0.15, -0.1) is 0 Å². The average molecular weight is 470 g/mol. The number of carbonyl (C=O) groups excluding carboxylic acids is 2. The number of amides is 3. The molecule has 0 spiro atoms. The SMILES string of the molecule is CCc1ccc(N2C(=O)N(CC(=O)N3CCOc4ccc(C)cc43)[C@@H]3CS(=O)(=O)C[C@@H]32)cc1. The molecule has 0 unspecified atom stereocenters. The molecule has 2 saturated heterocycles. The maximum Gasteiger partial charge on any atom is 0.325 e. The van der Waals surface area contributed by atoms with E-state index < -0.39 is 21.9 Å². The molecule has 33 heavy (non-hydrogen) atoms. The quantitative estimate of drug-likeness (QED) is 0.642. The highest BCUT2D eigenvalue weighted by Gasteiger charge is 2.54. The van der Waals surface area contributed by atoms with E-state index in [0.717, 1.165) is 17.5 Å². The third-order valence-corrected chi connectivity index (χ3v) is 8.38. The highest BCUT2D eigenvalue weighted by molar-refractivity contribution is 7.91. The van der Waals surface area contributed by atoms with Crippen molar-refractivity contribution in [2.45, 2.75) is 32.4 Å². The summed E-state index contributed by atoms with van der Waals surface area (Å²) >= 11 is 0. The number of urea groups is 1. The topological polar surface area (TPSA) is 87.2 Å². The fourth-order valence-corrected chi connectivity index (χ4v) is 6.92. The number of carbonyl (C=O) groups is 2. The van der Waals surface area contributed by atoms with Crippen LogP contribution >= 0.6 is 0 Å². The Bertz CT molecular complexity index is 1210. The van der Waals surface area contributed by atoms with Crippen LogP contribution < -0.4 is 14.5 Å². The Balaban J connectivity index is 1.44. The Labute approximate surface area is 193 Å². The number of sulfone groups is 1. The molecular weight excluding hydrogens is 442 g/mol. The second kappa shape index (κ2) is 8.06. The summed E-state index contributed by atoms with van der Waals surface area (Å²) in [7, 11) is -3.31. The van der Waals surface area contributed by atoms with E-state index in [1.807, 2.05) is 56.3 Å². The molecule has 2 fully saturated rings. The number of rotatable bonds is 4. The fraction of sp³-hybridized carbons (Fsp3) is 0.417. The van der Waals surface area contributed by atoms with Crippen molar-refractivity contribution >= 4 is 33.2 Å². The van der Waals surface area contributed by atoms with E-state index in [0.29, 0.717) is 30.3 Å². The third kappa shape index (κ3) is 3.84. The van der Waals surface area contributed by atoms with Gasteiger partial charge < -0.3 is 14.5 Å². The zero-order valence-corrected chi connectivity index (χ0v) is 19.5. The molecule has 2 aromatic carbocycles. The van der Waals surface area contributed by atoms with E-state index in [-0.39, 0.29) is 30.0 Å². The molecule has 3 heterocycles. The highest BCUT2D eigenvalue weighted by atomic mass is 32.2. The van der Waals surface area contributed by atoms with E-state index in [1.165, 1.54) is 4.90 Å². The van der Waals surface area contributed by atoms with Crippen molar-refractivity contribution in [1.82, 2.24) is 4.90 Å². The Hall–Kier alpha value is -3.07. The van der Waals surface area contributed by atoms with Crippen molar-refractivity contribution in [2.24, 2.45) is 0 Å². The summed E-state index contributed by atoms with van der Waals surface area (Å²) in [5, 5.41) is 0. The van der Waals surface area contributed by atoms with Gasteiger partial charge in [-0.1, -0.05) is 25.1 Å². The molecule has 0 bridgehead atoms. The second-order valence-electron chi connectivity index (χ2n) is 8.88. The average Bonchev–Trinajstić information content (AvgIpc) is 3.23. The summed E-state index contributed by atoms with van der Waals surface area (Å²) in [5.41, 5.74) is 3.47. The van der Waals surface area contributed by atoms with Crippen LogP contribution in [0.4, 0.5) is 16.2 Å². The Morgan fingerprint density at radius 3 is 2.55 bits per heavy atom. The Morgan fingerprint density at radius 2 is 1.82 bits per heavy atom. The number of fused-ring (bicyclic) bond motifs is 2. The van der Waals surface area contributed by atoms with Crippen LogP contribution in [0.3, 0.4) is 0 Å². The van der Waals surface area contributed by atoms with Crippen LogP contribution in [0, 0.1) is 6.92 Å². The van der Waals surface area contributed by atoms with Gasteiger partial charge >= 0.3 is 6.03 Å². The molecule has 8 nitrogen and oxygen atoms in total. The molecule has 0 aromatic heterocycles. The maximum atomic E-state index is 13.5. The lowest BCUT2D eigenvalue weighted by Crippen LogP contribution is -2.48. The smallest absolute Gasteiger partial charge is 0.325 e. The van der Waals surface area contributed by atoms with Crippen molar-refractivity contribution in [3.8, 4) is 5.75 Å². The lowest BCUT2D eigenvalue weighted by atomic mass is 10.1. The van der Waals surface area contributed by atoms with Crippen molar-refractivity contribution in [3.63, 3.8) is 0 Å². The number of aryl methyl sites for hydroxylation is 2. The summed E-state index contributed by atoms with van der Waals surface area (Å²) in [6, 6.07) is 11.9. The number of hydrogen-bond acceptors (Lipinski definition) is 5. The standard InChI is InChI=1S/C24H27N3O5S/c1-3-17-5-7-18(8-6-17)27-21-15-33(30,31)14-20(21)26(24(27)29)13-23(28)25-10-11-32-22-9-4-16(2)12-19(22)25/h4-9,12,20-21H,3,10-11,13-15H2,1-2H3/t20-,21+/m1/s1. The summed E-state index contributed by atoms with van der Waals surface area (Å²) in [6.45, 7) is 4.57. The Kier molecular flexibility index (Phi) is 5.31. The minimum Gasteiger partial charge on any atom is -0.490 e. The van der Waals surface area contributed by atoms with Gasteiger partial charge in [0, 0.05) is 5.69 Å². The lowest BCUT2D eigenvalue weighted by molar-refractivity contribution is -0.119. The number of benzene rings is 2. The van der Waals surface area contributed by atoms with Crippen LogP contribution in [0.25, 0.3) is 0 Å². The molecule has 2 aromatic rings. The molecule has 0 radical (unpaired) electrons. The van der Waals surface area contributed by atoms with Gasteiger partial charge in [0.1, 0.15) is 18.9 Å². The molecule has 5 rings (SSSR count). The number of ether oxygens (including phenoxy) is 1. The van der Waals surface area contributed by atoms with Gasteiger partial charge in [-0.05, 0) is 48.7 Å². The first kappa shape index (κ1) is 21.8. The summed E-state index contributed by atoms with van der Waals surface area (Å²) < 4.78 is 30.6. The molecule has 0 saturated carbocycles. The predicted octanol–water partition coefficient (Wildman–Crippen LogP) is 2.39. The second-order valence-corrected chi connectivity index (χ2v) is 11.0. The molecule has 2 atom stereocenters. The molecule has 0 aliphatic carbocycles. The summed E-state index contributed by atoms with van der Waals surface area (Å²) in [5.74, 6) is 0.166. The van der Waals surface area contributed by atoms with Crippen molar-refractivity contribution < 1.29 is 22.7 Å². The zero-order valence-electron chi connectivity index (χ0n) is 18.7. The van der Waals surface area contributed by atoms with E-state index in [1.54, 1.807) is 9.80 Å². The first-order chi connectivity index (χ1) is 15.8. The molecule has 3 amide bonds. The van der Waals surface area contributed by atoms with Gasteiger partial charge in [-0.25, -0.2) is 13.2 Å². The molecule has 0 N–H and O–H groups in total. The summed E-state index contributed by atoms with van der Waals surface area (Å²) in [6.07, 6.45) is 0.871. The molecular formula is C24H27N3O5S. The summed E-state index contributed by atoms with van der Waals surface area (Å²) in [4.78, 5) is 31.5. The van der Waals surface area contributed by atoms with E-state index in [4.69, 9.17) is 4.74 Å². The van der Waals surface area contributed by atoms with E-state index >= 15 is 0 Å². The zero-order chi connectivity index (χ0) is 23.3. The number of nitrogens with zero attached hydrogens (tertiary/aromatic N) is 3. The lowest BCUT2D eigenvalue weighted by Gasteiger charge is -2.32. The van der Waals surface area contributed by atoms with Crippen molar-refractivity contribution in [1.29, 1.82) is 0 Å². The molecule has 3 aliphatic heterocycles. The minimum atomic E-state index is -3.31. The first-order valence-corrected chi connectivity index (χ1v) is 13.0. The predicted molar refractivity (Wildman–Crippen MR) is 126 cm³/mol. The number of anilines is 2. The molecule has 9 heteroatoms. The number of hydrogen-bond donors (Lipinski definition) is 0. The van der Waals surface area contributed by atoms with Crippen molar-refractivity contribution in [3.05, 3.63) is 53.6 Å². The largest absolute Gasteiger partial charge is 0.490 e. The van der Waals surface area contributed by atoms with Gasteiger partial charge in [0.25, 0.3) is 0 Å². The van der Waals surface area contributed by atoms with Gasteiger partial charge in [-0.2, -0.15) is 0 Å². The van der Waals surface area contributed by atoms with Crippen LogP contribution in [-0.2, 0) is 21.1 Å². The fourth-order valence-electron chi connectivity index (χ4n) is 4.97. The maximum absolute atomic E-state index is 13.5. The van der Waals surface area contributed by atoms with Crippen LogP contribution in [0.15, 0.2) is 42.5 Å². The Morgan fingerprint density at radius 1 is 1.09 bits per heavy atom. The van der Waals surface area contributed by atoms with Crippen LogP contribution in [0.1, 0.15) is 18.1 Å². The minimum absolute atomic E-state index is 0.0940. The third-order valence-electron chi connectivity index (χ3n) is 6.68. The van der Waals surface area contributed by atoms with E-state index in [9.17, 15) is 18.0 Å². The molecule has 174 valence electrons. The monoisotopic (exact) mass is 469 g/mol. The van der Waals surface area contributed by atoms with Crippen LogP contribution in [-0.4, -0.2) is 68.5 Å². The van der Waals surface area contributed by atoms with Gasteiger partial charge in [-0.3, -0.25) is 9.69 Å². The van der Waals surface area contributed by atoms with Gasteiger partial charge in [0.15, 0.2) is 9.84 Å². The highest BCUT2D eigenvalue weighted by Crippen LogP contribution is 2.36. The van der Waals surface area contributed by atoms with Gasteiger partial charge in [0.2, 0.25) is 5.91 Å². The molecule has 3 aliphatic rings. The van der Waals surface area contributed by atoms with Crippen LogP contribution in [0.2, 0.25) is 0 Å².